The van der Waals surface area contributed by atoms with E-state index in [4.69, 9.17) is 0 Å². The lowest BCUT2D eigenvalue weighted by atomic mass is 9.95. The summed E-state index contributed by atoms with van der Waals surface area (Å²) in [7, 11) is 1.30. The zero-order valence-corrected chi connectivity index (χ0v) is 16.1. The van der Waals surface area contributed by atoms with Crippen molar-refractivity contribution in [2.75, 3.05) is 31.6 Å². The summed E-state index contributed by atoms with van der Waals surface area (Å²) in [5.41, 5.74) is 0.828. The van der Waals surface area contributed by atoms with Gasteiger partial charge >= 0.3 is 5.97 Å². The van der Waals surface area contributed by atoms with Crippen molar-refractivity contribution in [3.63, 3.8) is 0 Å². The fraction of sp³-hybridized carbons (Fsp3) is 0.500. The molecule has 1 aromatic carbocycles. The number of amides is 3. The molecule has 0 aliphatic carbocycles. The van der Waals surface area contributed by atoms with Crippen LogP contribution >= 0.6 is 0 Å². The second-order valence-corrected chi connectivity index (χ2v) is 7.24. The molecule has 0 aromatic heterocycles. The smallest absolute Gasteiger partial charge is 0.337 e. The molecule has 2 fully saturated rings. The van der Waals surface area contributed by atoms with Gasteiger partial charge in [-0.2, -0.15) is 0 Å². The van der Waals surface area contributed by atoms with Crippen LogP contribution in [-0.4, -0.2) is 61.4 Å². The normalized spacial score (nSPS) is 21.1. The fourth-order valence-electron chi connectivity index (χ4n) is 3.79. The molecule has 3 amide bonds. The Hall–Kier alpha value is -2.74. The molecule has 1 atom stereocenters. The maximum absolute atomic E-state index is 12.9. The van der Waals surface area contributed by atoms with Crippen LogP contribution in [0.25, 0.3) is 0 Å². The second-order valence-electron chi connectivity index (χ2n) is 7.24. The number of esters is 1. The Morgan fingerprint density at radius 3 is 2.36 bits per heavy atom. The van der Waals surface area contributed by atoms with Gasteiger partial charge in [-0.05, 0) is 56.1 Å². The van der Waals surface area contributed by atoms with Crippen LogP contribution in [0, 0.1) is 5.92 Å². The number of benzene rings is 1. The van der Waals surface area contributed by atoms with Crippen molar-refractivity contribution in [2.45, 2.75) is 32.2 Å². The third kappa shape index (κ3) is 4.22. The molecular formula is C20H25N3O5. The predicted octanol–water partition coefficient (Wildman–Crippen LogP) is 0.953. The molecule has 0 saturated carbocycles. The Morgan fingerprint density at radius 1 is 1.14 bits per heavy atom. The number of carbonyl (C=O) groups is 4. The molecule has 28 heavy (non-hydrogen) atoms. The summed E-state index contributed by atoms with van der Waals surface area (Å²) in [5.74, 6) is -0.565. The molecule has 0 bridgehead atoms. The van der Waals surface area contributed by atoms with Crippen molar-refractivity contribution >= 4 is 29.4 Å². The monoisotopic (exact) mass is 387 g/mol. The average molecular weight is 387 g/mol. The van der Waals surface area contributed by atoms with Gasteiger partial charge in [0, 0.05) is 13.5 Å². The van der Waals surface area contributed by atoms with Crippen LogP contribution in [0.2, 0.25) is 0 Å². The minimum atomic E-state index is -0.467. The molecule has 3 rings (SSSR count). The number of imide groups is 1. The highest BCUT2D eigenvalue weighted by molar-refractivity contribution is 6.22. The molecule has 1 N–H and O–H groups in total. The van der Waals surface area contributed by atoms with Gasteiger partial charge in [0.1, 0.15) is 0 Å². The van der Waals surface area contributed by atoms with Gasteiger partial charge in [0.15, 0.2) is 0 Å². The predicted molar refractivity (Wildman–Crippen MR) is 102 cm³/mol. The lowest BCUT2D eigenvalue weighted by Gasteiger charge is -2.34. The highest BCUT2D eigenvalue weighted by Crippen LogP contribution is 2.28. The summed E-state index contributed by atoms with van der Waals surface area (Å²) in [6.07, 6.45) is 1.92. The van der Waals surface area contributed by atoms with Gasteiger partial charge in [-0.15, -0.1) is 0 Å². The summed E-state index contributed by atoms with van der Waals surface area (Å²) in [5, 5.41) is 2.84. The van der Waals surface area contributed by atoms with Gasteiger partial charge in [-0.3, -0.25) is 19.3 Å². The third-order valence-corrected chi connectivity index (χ3v) is 5.40. The Kier molecular flexibility index (Phi) is 6.08. The van der Waals surface area contributed by atoms with Gasteiger partial charge in [-0.1, -0.05) is 0 Å². The first kappa shape index (κ1) is 20.0. The number of hydrogen-bond donors (Lipinski definition) is 1. The van der Waals surface area contributed by atoms with Crippen LogP contribution in [0.5, 0.6) is 0 Å². The summed E-state index contributed by atoms with van der Waals surface area (Å²) in [6, 6.07) is 5.81. The van der Waals surface area contributed by atoms with E-state index in [9.17, 15) is 19.2 Å². The van der Waals surface area contributed by atoms with Crippen molar-refractivity contribution in [3.05, 3.63) is 29.8 Å². The Bertz CT molecular complexity index is 769. The molecule has 1 aromatic rings. The first-order valence-electron chi connectivity index (χ1n) is 9.44. The molecule has 8 nitrogen and oxygen atoms in total. The third-order valence-electron chi connectivity index (χ3n) is 5.40. The number of rotatable bonds is 5. The lowest BCUT2D eigenvalue weighted by molar-refractivity contribution is -0.123. The first-order valence-corrected chi connectivity index (χ1v) is 9.44. The van der Waals surface area contributed by atoms with Crippen LogP contribution in [0.3, 0.4) is 0 Å². The number of likely N-dealkylation sites (tertiary alicyclic amines) is 1. The largest absolute Gasteiger partial charge is 0.465 e. The maximum Gasteiger partial charge on any atom is 0.337 e. The van der Waals surface area contributed by atoms with Crippen molar-refractivity contribution in [1.82, 2.24) is 10.2 Å². The van der Waals surface area contributed by atoms with Crippen LogP contribution in [-0.2, 0) is 19.1 Å². The van der Waals surface area contributed by atoms with E-state index in [0.29, 0.717) is 23.7 Å². The minimum Gasteiger partial charge on any atom is -0.465 e. The van der Waals surface area contributed by atoms with Gasteiger partial charge in [-0.25, -0.2) is 9.69 Å². The van der Waals surface area contributed by atoms with E-state index in [1.54, 1.807) is 24.3 Å². The number of ether oxygens (including phenoxy) is 1. The number of nitrogens with zero attached hydrogens (tertiary/aromatic N) is 2. The van der Waals surface area contributed by atoms with Crippen LogP contribution in [0.15, 0.2) is 24.3 Å². The van der Waals surface area contributed by atoms with Crippen LogP contribution < -0.4 is 10.2 Å². The molecule has 2 aliphatic heterocycles. The van der Waals surface area contributed by atoms with Gasteiger partial charge in [0.05, 0.1) is 30.8 Å². The molecule has 0 unspecified atom stereocenters. The SMILES string of the molecule is COC(=O)c1ccc(N2C(=O)C[C@H](N3CCC(CNC(C)=O)CC3)C2=O)cc1. The Morgan fingerprint density at radius 2 is 1.79 bits per heavy atom. The molecule has 8 heteroatoms. The second kappa shape index (κ2) is 8.52. The number of carbonyl (C=O) groups excluding carboxylic acids is 4. The number of nitrogens with one attached hydrogen (secondary N) is 1. The van der Waals surface area contributed by atoms with Crippen molar-refractivity contribution in [1.29, 1.82) is 0 Å². The molecule has 150 valence electrons. The number of anilines is 1. The van der Waals surface area contributed by atoms with E-state index in [-0.39, 0.29) is 24.1 Å². The Labute approximate surface area is 163 Å². The standard InChI is InChI=1S/C20H25N3O5/c1-13(24)21-12-14-7-9-22(10-8-14)17-11-18(25)23(19(17)26)16-5-3-15(4-6-16)20(27)28-2/h3-6,14,17H,7-12H2,1-2H3,(H,21,24)/t17-/m0/s1. The number of piperidine rings is 1. The van der Waals surface area contributed by atoms with Gasteiger partial charge in [0.2, 0.25) is 11.8 Å². The zero-order valence-electron chi connectivity index (χ0n) is 16.1. The highest BCUT2D eigenvalue weighted by Gasteiger charge is 2.43. The van der Waals surface area contributed by atoms with E-state index in [0.717, 1.165) is 25.9 Å². The molecule has 0 radical (unpaired) electrons. The molecular weight excluding hydrogens is 362 g/mol. The van der Waals surface area contributed by atoms with Crippen LogP contribution in [0.1, 0.15) is 36.5 Å². The fourth-order valence-corrected chi connectivity index (χ4v) is 3.79. The molecule has 2 aliphatic rings. The highest BCUT2D eigenvalue weighted by atomic mass is 16.5. The van der Waals surface area contributed by atoms with E-state index < -0.39 is 12.0 Å². The van der Waals surface area contributed by atoms with Crippen molar-refractivity contribution < 1.29 is 23.9 Å². The van der Waals surface area contributed by atoms with Crippen molar-refractivity contribution in [3.8, 4) is 0 Å². The topological polar surface area (TPSA) is 96.0 Å². The molecule has 0 spiro atoms. The summed E-state index contributed by atoms with van der Waals surface area (Å²) in [6.45, 7) is 3.61. The van der Waals surface area contributed by atoms with E-state index in [1.807, 2.05) is 0 Å². The molecule has 2 saturated heterocycles. The summed E-state index contributed by atoms with van der Waals surface area (Å²) < 4.78 is 4.66. The Balaban J connectivity index is 1.62. The van der Waals surface area contributed by atoms with Gasteiger partial charge < -0.3 is 10.1 Å². The first-order chi connectivity index (χ1) is 13.4. The number of hydrogen-bond acceptors (Lipinski definition) is 6. The summed E-state index contributed by atoms with van der Waals surface area (Å²) in [4.78, 5) is 51.3. The molecule has 2 heterocycles. The van der Waals surface area contributed by atoms with Crippen LogP contribution in [0.4, 0.5) is 5.69 Å². The van der Waals surface area contributed by atoms with E-state index in [1.165, 1.54) is 18.9 Å². The van der Waals surface area contributed by atoms with Crippen molar-refractivity contribution in [2.24, 2.45) is 5.92 Å². The number of methoxy groups -OCH3 is 1. The minimum absolute atomic E-state index is 0.0344. The maximum atomic E-state index is 12.9. The zero-order chi connectivity index (χ0) is 20.3. The average Bonchev–Trinajstić information content (AvgIpc) is 3.00. The van der Waals surface area contributed by atoms with E-state index >= 15 is 0 Å². The quantitative estimate of drug-likeness (QED) is 0.597. The van der Waals surface area contributed by atoms with E-state index in [2.05, 4.69) is 15.0 Å². The lowest BCUT2D eigenvalue weighted by Crippen LogP contribution is -2.47. The summed E-state index contributed by atoms with van der Waals surface area (Å²) >= 11 is 0. The van der Waals surface area contributed by atoms with Gasteiger partial charge in [0.25, 0.3) is 5.91 Å².